The molecule has 3 N–H and O–H groups in total. The van der Waals surface area contributed by atoms with Crippen LogP contribution in [0, 0.1) is 11.8 Å². The van der Waals surface area contributed by atoms with Crippen LogP contribution in [0.15, 0.2) is 0 Å². The summed E-state index contributed by atoms with van der Waals surface area (Å²) >= 11 is 0. The summed E-state index contributed by atoms with van der Waals surface area (Å²) in [7, 11) is 0. The van der Waals surface area contributed by atoms with Crippen LogP contribution >= 0.6 is 0 Å². The summed E-state index contributed by atoms with van der Waals surface area (Å²) in [6, 6.07) is 1.28. The minimum atomic E-state index is 0.330. The molecule has 0 bridgehead atoms. The smallest absolute Gasteiger partial charge is 0.0445 e. The highest BCUT2D eigenvalue weighted by molar-refractivity contribution is 4.91. The van der Waals surface area contributed by atoms with E-state index in [1.165, 1.54) is 45.1 Å². The highest BCUT2D eigenvalue weighted by atomic mass is 16.3. The summed E-state index contributed by atoms with van der Waals surface area (Å²) in [5.41, 5.74) is 5.99. The molecule has 0 radical (unpaired) electrons. The molecule has 0 amide bonds. The maximum Gasteiger partial charge on any atom is 0.0445 e. The number of piperidine rings is 1. The van der Waals surface area contributed by atoms with Gasteiger partial charge in [-0.05, 0) is 57.0 Å². The molecule has 4 unspecified atom stereocenters. The molecule has 2 fully saturated rings. The van der Waals surface area contributed by atoms with E-state index >= 15 is 0 Å². The first-order chi connectivity index (χ1) is 8.76. The molecule has 2 rings (SSSR count). The van der Waals surface area contributed by atoms with E-state index in [0.29, 0.717) is 24.6 Å². The third-order valence-electron chi connectivity index (χ3n) is 5.08. The van der Waals surface area contributed by atoms with E-state index in [2.05, 4.69) is 11.8 Å². The summed E-state index contributed by atoms with van der Waals surface area (Å²) in [5.74, 6) is 1.52. The van der Waals surface area contributed by atoms with E-state index < -0.39 is 0 Å². The zero-order valence-corrected chi connectivity index (χ0v) is 11.9. The average molecular weight is 254 g/mol. The van der Waals surface area contributed by atoms with Crippen LogP contribution in [0.25, 0.3) is 0 Å². The van der Waals surface area contributed by atoms with Crippen LogP contribution < -0.4 is 5.73 Å². The fourth-order valence-electron chi connectivity index (χ4n) is 4.01. The summed E-state index contributed by atoms with van der Waals surface area (Å²) in [6.45, 7) is 4.76. The monoisotopic (exact) mass is 254 g/mol. The topological polar surface area (TPSA) is 49.5 Å². The van der Waals surface area contributed by atoms with Crippen molar-refractivity contribution < 1.29 is 5.11 Å². The number of likely N-dealkylation sites (tertiary alicyclic amines) is 1. The van der Waals surface area contributed by atoms with Crippen molar-refractivity contribution in [2.45, 2.75) is 64.0 Å². The molecule has 3 heteroatoms. The summed E-state index contributed by atoms with van der Waals surface area (Å²) in [6.07, 6.45) is 8.82. The van der Waals surface area contributed by atoms with Crippen LogP contribution in [-0.2, 0) is 0 Å². The van der Waals surface area contributed by atoms with E-state index in [1.807, 2.05) is 0 Å². The molecular weight excluding hydrogens is 224 g/mol. The third kappa shape index (κ3) is 3.25. The Labute approximate surface area is 112 Å². The predicted molar refractivity (Wildman–Crippen MR) is 75.4 cm³/mol. The van der Waals surface area contributed by atoms with Gasteiger partial charge in [0.15, 0.2) is 0 Å². The summed E-state index contributed by atoms with van der Waals surface area (Å²) in [4.78, 5) is 2.70. The first kappa shape index (κ1) is 14.3. The molecule has 1 saturated carbocycles. The number of hydrogen-bond donors (Lipinski definition) is 2. The highest BCUT2D eigenvalue weighted by Crippen LogP contribution is 2.35. The Morgan fingerprint density at radius 1 is 1.22 bits per heavy atom. The molecule has 0 spiro atoms. The second-order valence-electron chi connectivity index (χ2n) is 6.38. The Bertz CT molecular complexity index is 245. The van der Waals surface area contributed by atoms with E-state index in [-0.39, 0.29) is 0 Å². The molecule has 1 heterocycles. The van der Waals surface area contributed by atoms with Gasteiger partial charge in [0.1, 0.15) is 0 Å². The van der Waals surface area contributed by atoms with Gasteiger partial charge in [0, 0.05) is 18.7 Å². The predicted octanol–water partition coefficient (Wildman–Crippen LogP) is 1.99. The molecule has 0 aromatic carbocycles. The normalized spacial score (nSPS) is 38.8. The van der Waals surface area contributed by atoms with Gasteiger partial charge in [-0.15, -0.1) is 0 Å². The van der Waals surface area contributed by atoms with Gasteiger partial charge in [-0.2, -0.15) is 0 Å². The molecule has 0 aromatic heterocycles. The highest BCUT2D eigenvalue weighted by Gasteiger charge is 2.36. The lowest BCUT2D eigenvalue weighted by atomic mass is 9.77. The van der Waals surface area contributed by atoms with Gasteiger partial charge in [-0.3, -0.25) is 4.90 Å². The van der Waals surface area contributed by atoms with Crippen LogP contribution in [-0.4, -0.2) is 41.8 Å². The summed E-state index contributed by atoms with van der Waals surface area (Å²) in [5, 5.41) is 9.26. The van der Waals surface area contributed by atoms with Crippen molar-refractivity contribution in [1.29, 1.82) is 0 Å². The first-order valence-corrected chi connectivity index (χ1v) is 7.83. The van der Waals surface area contributed by atoms with Gasteiger partial charge in [-0.25, -0.2) is 0 Å². The molecule has 3 nitrogen and oxygen atoms in total. The van der Waals surface area contributed by atoms with Crippen molar-refractivity contribution in [1.82, 2.24) is 4.90 Å². The van der Waals surface area contributed by atoms with Crippen LogP contribution in [0.1, 0.15) is 51.9 Å². The lowest BCUT2D eigenvalue weighted by molar-refractivity contribution is 0.0187. The van der Waals surface area contributed by atoms with Crippen molar-refractivity contribution in [2.24, 2.45) is 17.6 Å². The van der Waals surface area contributed by atoms with Crippen LogP contribution in [0.5, 0.6) is 0 Å². The standard InChI is InChI=1S/C15H30N2O/c1-12-5-6-13(11-16)15(10-12)17-8-3-2-4-14(17)7-9-18/h12-15,18H,2-11,16H2,1H3. The van der Waals surface area contributed by atoms with Crippen molar-refractivity contribution >= 4 is 0 Å². The maximum atomic E-state index is 9.26. The van der Waals surface area contributed by atoms with Crippen LogP contribution in [0.4, 0.5) is 0 Å². The number of hydrogen-bond acceptors (Lipinski definition) is 3. The fraction of sp³-hybridized carbons (Fsp3) is 1.00. The van der Waals surface area contributed by atoms with Gasteiger partial charge < -0.3 is 10.8 Å². The number of aliphatic hydroxyl groups excluding tert-OH is 1. The Morgan fingerprint density at radius 3 is 2.78 bits per heavy atom. The zero-order chi connectivity index (χ0) is 13.0. The Morgan fingerprint density at radius 2 is 2.06 bits per heavy atom. The lowest BCUT2D eigenvalue weighted by Gasteiger charge is -2.47. The SMILES string of the molecule is CC1CCC(CN)C(N2CCCCC2CCO)C1. The molecule has 1 aliphatic carbocycles. The first-order valence-electron chi connectivity index (χ1n) is 7.83. The van der Waals surface area contributed by atoms with Gasteiger partial charge in [0.25, 0.3) is 0 Å². The molecule has 106 valence electrons. The van der Waals surface area contributed by atoms with Crippen molar-refractivity contribution in [3.8, 4) is 0 Å². The minimum Gasteiger partial charge on any atom is -0.396 e. The quantitative estimate of drug-likeness (QED) is 0.806. The van der Waals surface area contributed by atoms with E-state index in [0.717, 1.165) is 18.9 Å². The molecule has 0 aromatic rings. The molecule has 1 saturated heterocycles. The molecule has 18 heavy (non-hydrogen) atoms. The largest absolute Gasteiger partial charge is 0.396 e. The van der Waals surface area contributed by atoms with E-state index in [9.17, 15) is 5.11 Å². The molecular formula is C15H30N2O. The minimum absolute atomic E-state index is 0.330. The number of nitrogens with zero attached hydrogens (tertiary/aromatic N) is 1. The zero-order valence-electron chi connectivity index (χ0n) is 11.9. The Kier molecular flexibility index (Phi) is 5.46. The van der Waals surface area contributed by atoms with Crippen molar-refractivity contribution in [3.63, 3.8) is 0 Å². The Hall–Kier alpha value is -0.120. The van der Waals surface area contributed by atoms with Gasteiger partial charge in [-0.1, -0.05) is 19.8 Å². The number of nitrogens with two attached hydrogens (primary N) is 1. The van der Waals surface area contributed by atoms with Crippen molar-refractivity contribution in [2.75, 3.05) is 19.7 Å². The summed E-state index contributed by atoms with van der Waals surface area (Å²) < 4.78 is 0. The van der Waals surface area contributed by atoms with Gasteiger partial charge in [0.2, 0.25) is 0 Å². The van der Waals surface area contributed by atoms with Crippen molar-refractivity contribution in [3.05, 3.63) is 0 Å². The third-order valence-corrected chi connectivity index (χ3v) is 5.08. The number of rotatable bonds is 4. The average Bonchev–Trinajstić information content (AvgIpc) is 2.40. The Balaban J connectivity index is 2.04. The lowest BCUT2D eigenvalue weighted by Crippen LogP contribution is -2.53. The van der Waals surface area contributed by atoms with Crippen LogP contribution in [0.2, 0.25) is 0 Å². The van der Waals surface area contributed by atoms with Gasteiger partial charge in [0.05, 0.1) is 0 Å². The second kappa shape index (κ2) is 6.88. The van der Waals surface area contributed by atoms with Gasteiger partial charge >= 0.3 is 0 Å². The van der Waals surface area contributed by atoms with E-state index in [1.54, 1.807) is 0 Å². The van der Waals surface area contributed by atoms with Crippen LogP contribution in [0.3, 0.4) is 0 Å². The molecule has 4 atom stereocenters. The number of aliphatic hydroxyl groups is 1. The molecule has 1 aliphatic heterocycles. The van der Waals surface area contributed by atoms with E-state index in [4.69, 9.17) is 5.73 Å². The second-order valence-corrected chi connectivity index (χ2v) is 6.38. The maximum absolute atomic E-state index is 9.26. The fourth-order valence-corrected chi connectivity index (χ4v) is 4.01. The molecule has 2 aliphatic rings.